The molecule has 0 unspecified atom stereocenters. The van der Waals surface area contributed by atoms with Crippen LogP contribution in [-0.2, 0) is 4.79 Å². The second-order valence-corrected chi connectivity index (χ2v) is 11.9. The highest BCUT2D eigenvalue weighted by Crippen LogP contribution is 2.65. The summed E-state index contributed by atoms with van der Waals surface area (Å²) in [4.78, 5) is 12.1. The molecule has 0 aromatic rings. The highest BCUT2D eigenvalue weighted by Gasteiger charge is 2.55. The van der Waals surface area contributed by atoms with Gasteiger partial charge in [-0.1, -0.05) is 65.0 Å². The summed E-state index contributed by atoms with van der Waals surface area (Å²) < 4.78 is 0. The summed E-state index contributed by atoms with van der Waals surface area (Å²) in [5, 5.41) is 0. The molecule has 3 fully saturated rings. The lowest BCUT2D eigenvalue weighted by Gasteiger charge is -2.56. The van der Waals surface area contributed by atoms with Crippen LogP contribution in [0.2, 0.25) is 0 Å². The van der Waals surface area contributed by atoms with E-state index in [2.05, 4.69) is 34.6 Å². The van der Waals surface area contributed by atoms with Crippen molar-refractivity contribution in [1.29, 1.82) is 0 Å². The third-order valence-corrected chi connectivity index (χ3v) is 10.0. The zero-order valence-corrected chi connectivity index (χ0v) is 19.3. The zero-order valence-electron chi connectivity index (χ0n) is 19.3. The van der Waals surface area contributed by atoms with Gasteiger partial charge in [-0.3, -0.25) is 4.79 Å². The molecule has 0 spiro atoms. The first kappa shape index (κ1) is 20.7. The van der Waals surface area contributed by atoms with Crippen LogP contribution in [0.4, 0.5) is 0 Å². The zero-order chi connectivity index (χ0) is 20.1. The summed E-state index contributed by atoms with van der Waals surface area (Å²) in [6, 6.07) is 0. The molecule has 4 rings (SSSR count). The molecule has 1 heteroatoms. The molecule has 158 valence electrons. The number of hydrogen-bond acceptors (Lipinski definition) is 1. The van der Waals surface area contributed by atoms with E-state index in [1.165, 1.54) is 57.8 Å². The summed E-state index contributed by atoms with van der Waals surface area (Å²) in [6.07, 6.45) is 15.3. The number of ketones is 1. The third kappa shape index (κ3) is 3.33. The van der Waals surface area contributed by atoms with E-state index in [0.717, 1.165) is 42.9 Å². The van der Waals surface area contributed by atoms with Crippen molar-refractivity contribution in [2.24, 2.45) is 40.4 Å². The van der Waals surface area contributed by atoms with Crippen molar-refractivity contribution in [3.63, 3.8) is 0 Å². The lowest BCUT2D eigenvalue weighted by molar-refractivity contribution is -0.127. The van der Waals surface area contributed by atoms with E-state index in [-0.39, 0.29) is 0 Å². The average Bonchev–Trinajstić information content (AvgIpc) is 2.99. The van der Waals surface area contributed by atoms with Crippen LogP contribution in [0.5, 0.6) is 0 Å². The van der Waals surface area contributed by atoms with Gasteiger partial charge in [-0.15, -0.1) is 0 Å². The summed E-state index contributed by atoms with van der Waals surface area (Å²) >= 11 is 0. The SMILES string of the molecule is CC(C)CCC[C@@H](C)[C@H]1CCC2=C3CC[C@H]4CC(=O)CC[C@]4(C)[C@H]3CC[C@@]21C. The van der Waals surface area contributed by atoms with Gasteiger partial charge in [0.2, 0.25) is 0 Å². The van der Waals surface area contributed by atoms with E-state index in [1.807, 2.05) is 11.1 Å². The molecule has 0 bridgehead atoms. The highest BCUT2D eigenvalue weighted by molar-refractivity contribution is 5.79. The fourth-order valence-electron chi connectivity index (χ4n) is 8.28. The second kappa shape index (κ2) is 7.59. The number of allylic oxidation sites excluding steroid dienone is 2. The molecule has 6 atom stereocenters. The lowest BCUT2D eigenvalue weighted by atomic mass is 9.49. The predicted molar refractivity (Wildman–Crippen MR) is 118 cm³/mol. The molecule has 0 N–H and O–H groups in total. The van der Waals surface area contributed by atoms with Crippen LogP contribution in [0.1, 0.15) is 112 Å². The first-order valence-electron chi connectivity index (χ1n) is 12.5. The third-order valence-electron chi connectivity index (χ3n) is 10.0. The number of fused-ring (bicyclic) bond motifs is 4. The van der Waals surface area contributed by atoms with Crippen molar-refractivity contribution < 1.29 is 4.79 Å². The summed E-state index contributed by atoms with van der Waals surface area (Å²) in [5.41, 5.74) is 4.69. The summed E-state index contributed by atoms with van der Waals surface area (Å²) in [5.74, 6) is 4.62. The Morgan fingerprint density at radius 2 is 1.75 bits per heavy atom. The minimum Gasteiger partial charge on any atom is -0.300 e. The molecule has 4 aliphatic carbocycles. The first-order valence-corrected chi connectivity index (χ1v) is 12.5. The quantitative estimate of drug-likeness (QED) is 0.443. The van der Waals surface area contributed by atoms with E-state index >= 15 is 0 Å². The van der Waals surface area contributed by atoms with Gasteiger partial charge in [-0.25, -0.2) is 0 Å². The molecular weight excluding hydrogens is 340 g/mol. The molecule has 0 heterocycles. The van der Waals surface area contributed by atoms with Gasteiger partial charge in [0.25, 0.3) is 0 Å². The fraction of sp³-hybridized carbons (Fsp3) is 0.889. The Balaban J connectivity index is 1.54. The standard InChI is InChI=1S/C27H44O/c1-18(2)7-6-8-19(3)23-11-12-24-22-10-9-20-17-21(28)13-15-26(20,4)25(22)14-16-27(23,24)5/h18-20,23,25H,6-17H2,1-5H3/t19-,20+,23-,25+,26+,27-/m1/s1. The molecule has 3 saturated carbocycles. The number of Topliss-reactive ketones (excluding diaryl/α,β-unsaturated/α-hetero) is 1. The van der Waals surface area contributed by atoms with Gasteiger partial charge in [0, 0.05) is 12.8 Å². The molecule has 4 aliphatic rings. The Morgan fingerprint density at radius 3 is 2.50 bits per heavy atom. The van der Waals surface area contributed by atoms with Crippen LogP contribution in [0.3, 0.4) is 0 Å². The molecule has 0 aromatic carbocycles. The smallest absolute Gasteiger partial charge is 0.133 e. The van der Waals surface area contributed by atoms with Crippen LogP contribution < -0.4 is 0 Å². The minimum absolute atomic E-state index is 0.413. The second-order valence-electron chi connectivity index (χ2n) is 11.9. The fourth-order valence-corrected chi connectivity index (χ4v) is 8.28. The molecule has 0 saturated heterocycles. The molecule has 28 heavy (non-hydrogen) atoms. The van der Waals surface area contributed by atoms with E-state index < -0.39 is 0 Å². The number of carbonyl (C=O) groups excluding carboxylic acids is 1. The van der Waals surface area contributed by atoms with Crippen LogP contribution in [0.15, 0.2) is 11.1 Å². The van der Waals surface area contributed by atoms with Crippen molar-refractivity contribution in [3.8, 4) is 0 Å². The van der Waals surface area contributed by atoms with E-state index in [4.69, 9.17) is 0 Å². The maximum Gasteiger partial charge on any atom is 0.133 e. The topological polar surface area (TPSA) is 17.1 Å². The van der Waals surface area contributed by atoms with Crippen molar-refractivity contribution >= 4 is 5.78 Å². The maximum atomic E-state index is 12.1. The van der Waals surface area contributed by atoms with Gasteiger partial charge < -0.3 is 0 Å². The van der Waals surface area contributed by atoms with Crippen molar-refractivity contribution in [1.82, 2.24) is 0 Å². The van der Waals surface area contributed by atoms with Crippen molar-refractivity contribution in [2.75, 3.05) is 0 Å². The first-order chi connectivity index (χ1) is 13.3. The Labute approximate surface area is 174 Å². The number of hydrogen-bond donors (Lipinski definition) is 0. The van der Waals surface area contributed by atoms with E-state index in [0.29, 0.717) is 22.5 Å². The highest BCUT2D eigenvalue weighted by atomic mass is 16.1. The average molecular weight is 385 g/mol. The summed E-state index contributed by atoms with van der Waals surface area (Å²) in [6.45, 7) is 12.5. The van der Waals surface area contributed by atoms with Crippen LogP contribution in [-0.4, -0.2) is 5.78 Å². The van der Waals surface area contributed by atoms with Gasteiger partial charge in [-0.05, 0) is 85.4 Å². The number of rotatable bonds is 5. The van der Waals surface area contributed by atoms with Crippen molar-refractivity contribution in [2.45, 2.75) is 112 Å². The Kier molecular flexibility index (Phi) is 5.60. The Hall–Kier alpha value is -0.590. The van der Waals surface area contributed by atoms with Crippen molar-refractivity contribution in [3.05, 3.63) is 11.1 Å². The Morgan fingerprint density at radius 1 is 0.964 bits per heavy atom. The molecule has 0 radical (unpaired) electrons. The molecule has 1 nitrogen and oxygen atoms in total. The van der Waals surface area contributed by atoms with Gasteiger partial charge in [0.1, 0.15) is 5.78 Å². The normalized spacial score (nSPS) is 41.6. The predicted octanol–water partition coefficient (Wildman–Crippen LogP) is 7.74. The molecule has 0 aliphatic heterocycles. The van der Waals surface area contributed by atoms with Gasteiger partial charge in [-0.2, -0.15) is 0 Å². The van der Waals surface area contributed by atoms with Crippen LogP contribution in [0.25, 0.3) is 0 Å². The minimum atomic E-state index is 0.413. The largest absolute Gasteiger partial charge is 0.300 e. The lowest BCUT2D eigenvalue weighted by Crippen LogP contribution is -2.47. The van der Waals surface area contributed by atoms with Gasteiger partial charge in [0.05, 0.1) is 0 Å². The van der Waals surface area contributed by atoms with Gasteiger partial charge >= 0.3 is 0 Å². The maximum absolute atomic E-state index is 12.1. The van der Waals surface area contributed by atoms with Crippen LogP contribution in [0, 0.1) is 40.4 Å². The molecule has 0 aromatic heterocycles. The number of carbonyl (C=O) groups is 1. The Bertz CT molecular complexity index is 643. The van der Waals surface area contributed by atoms with E-state index in [9.17, 15) is 4.79 Å². The molecule has 0 amide bonds. The molecular formula is C27H44O. The van der Waals surface area contributed by atoms with E-state index in [1.54, 1.807) is 0 Å². The summed E-state index contributed by atoms with van der Waals surface area (Å²) in [7, 11) is 0. The monoisotopic (exact) mass is 384 g/mol. The van der Waals surface area contributed by atoms with Crippen LogP contribution >= 0.6 is 0 Å². The van der Waals surface area contributed by atoms with Gasteiger partial charge in [0.15, 0.2) is 0 Å².